The van der Waals surface area contributed by atoms with Crippen LogP contribution in [0.25, 0.3) is 11.0 Å². The third-order valence-corrected chi connectivity index (χ3v) is 7.59. The Hall–Kier alpha value is -2.35. The molecule has 0 radical (unpaired) electrons. The molecule has 0 bridgehead atoms. The van der Waals surface area contributed by atoms with Gasteiger partial charge in [-0.3, -0.25) is 4.79 Å². The Bertz CT molecular complexity index is 1120. The molecule has 0 spiro atoms. The molecule has 1 aromatic heterocycles. The van der Waals surface area contributed by atoms with Gasteiger partial charge in [0.1, 0.15) is 11.3 Å². The van der Waals surface area contributed by atoms with Gasteiger partial charge < -0.3 is 14.1 Å². The minimum atomic E-state index is -3.06. The molecule has 0 N–H and O–H groups in total. The van der Waals surface area contributed by atoms with E-state index in [1.54, 1.807) is 20.0 Å². The van der Waals surface area contributed by atoms with Crippen molar-refractivity contribution in [3.8, 4) is 5.75 Å². The molecule has 1 fully saturated rings. The predicted octanol–water partition coefficient (Wildman–Crippen LogP) is 1.61. The van der Waals surface area contributed by atoms with Crippen LogP contribution in [-0.4, -0.2) is 50.4 Å². The van der Waals surface area contributed by atoms with Gasteiger partial charge in [-0.1, -0.05) is 0 Å². The number of hydrogen-bond donors (Lipinski definition) is 0. The largest absolute Gasteiger partial charge is 0.483 e. The molecule has 2 aromatic rings. The van der Waals surface area contributed by atoms with E-state index in [0.29, 0.717) is 23.3 Å². The van der Waals surface area contributed by atoms with Crippen LogP contribution >= 0.6 is 0 Å². The van der Waals surface area contributed by atoms with Gasteiger partial charge in [-0.05, 0) is 50.3 Å². The lowest BCUT2D eigenvalue weighted by molar-refractivity contribution is -0.133. The SMILES string of the molecule is Cc1c(OCC(=O)N(C)[C@H]2CCS(=O)(=O)C2)ccc2c3c(c(=O)oc12)CCC3. The Morgan fingerprint density at radius 3 is 2.75 bits per heavy atom. The zero-order valence-corrected chi connectivity index (χ0v) is 16.8. The second kappa shape index (κ2) is 6.92. The summed E-state index contributed by atoms with van der Waals surface area (Å²) in [5.74, 6) is 0.315. The summed E-state index contributed by atoms with van der Waals surface area (Å²) in [5, 5.41) is 0.927. The molecule has 4 rings (SSSR count). The number of fused-ring (bicyclic) bond motifs is 3. The summed E-state index contributed by atoms with van der Waals surface area (Å²) in [6.07, 6.45) is 3.03. The highest BCUT2D eigenvalue weighted by atomic mass is 32.2. The topological polar surface area (TPSA) is 93.9 Å². The van der Waals surface area contributed by atoms with Crippen molar-refractivity contribution in [1.82, 2.24) is 4.90 Å². The van der Waals surface area contributed by atoms with Crippen LogP contribution in [0.15, 0.2) is 21.3 Å². The summed E-state index contributed by atoms with van der Waals surface area (Å²) in [5.41, 5.74) is 2.72. The number of hydrogen-bond acceptors (Lipinski definition) is 6. The van der Waals surface area contributed by atoms with E-state index in [1.807, 2.05) is 6.07 Å². The number of aryl methyl sites for hydroxylation is 2. The van der Waals surface area contributed by atoms with Gasteiger partial charge in [0.2, 0.25) is 0 Å². The molecule has 2 heterocycles. The molecule has 150 valence electrons. The molecular weight excluding hydrogens is 382 g/mol. The van der Waals surface area contributed by atoms with E-state index in [1.165, 1.54) is 4.90 Å². The summed E-state index contributed by atoms with van der Waals surface area (Å²) in [6, 6.07) is 3.37. The first-order valence-corrected chi connectivity index (χ1v) is 11.3. The molecule has 1 atom stereocenters. The highest BCUT2D eigenvalue weighted by Gasteiger charge is 2.32. The Labute approximate surface area is 163 Å². The molecule has 1 aromatic carbocycles. The summed E-state index contributed by atoms with van der Waals surface area (Å²) in [6.45, 7) is 1.61. The lowest BCUT2D eigenvalue weighted by Crippen LogP contribution is -2.40. The van der Waals surface area contributed by atoms with Crippen LogP contribution in [0.1, 0.15) is 29.5 Å². The maximum atomic E-state index is 12.4. The number of ether oxygens (including phenoxy) is 1. The van der Waals surface area contributed by atoms with Crippen molar-refractivity contribution in [2.24, 2.45) is 0 Å². The second-order valence-electron chi connectivity index (χ2n) is 7.62. The van der Waals surface area contributed by atoms with Crippen LogP contribution in [0.2, 0.25) is 0 Å². The Balaban J connectivity index is 1.52. The third-order valence-electron chi connectivity index (χ3n) is 5.84. The average Bonchev–Trinajstić information content (AvgIpc) is 3.28. The number of sulfone groups is 1. The van der Waals surface area contributed by atoms with E-state index in [-0.39, 0.29) is 35.7 Å². The molecular formula is C20H23NO6S. The molecule has 7 nitrogen and oxygen atoms in total. The molecule has 28 heavy (non-hydrogen) atoms. The highest BCUT2D eigenvalue weighted by molar-refractivity contribution is 7.91. The molecule has 1 aliphatic heterocycles. The van der Waals surface area contributed by atoms with Crippen molar-refractivity contribution in [2.45, 2.75) is 38.6 Å². The van der Waals surface area contributed by atoms with Gasteiger partial charge in [0.05, 0.1) is 11.5 Å². The molecule has 0 saturated carbocycles. The number of amides is 1. The number of carbonyl (C=O) groups is 1. The molecule has 1 aliphatic carbocycles. The quantitative estimate of drug-likeness (QED) is 0.718. The Morgan fingerprint density at radius 1 is 1.29 bits per heavy atom. The minimum Gasteiger partial charge on any atom is -0.483 e. The molecule has 1 amide bonds. The van der Waals surface area contributed by atoms with Gasteiger partial charge >= 0.3 is 5.63 Å². The Kier molecular flexibility index (Phi) is 4.69. The number of likely N-dealkylation sites (N-methyl/N-ethyl adjacent to an activating group) is 1. The lowest BCUT2D eigenvalue weighted by atomic mass is 10.0. The molecule has 0 unspecified atom stereocenters. The standard InChI is InChI=1S/C20H23NO6S/c1-12-17(26-10-18(22)21(2)13-8-9-28(24,25)11-13)7-6-15-14-4-3-5-16(14)20(23)27-19(12)15/h6-7,13H,3-5,8-11H2,1-2H3/t13-/m0/s1. The number of rotatable bonds is 4. The van der Waals surface area contributed by atoms with Crippen molar-refractivity contribution in [1.29, 1.82) is 0 Å². The van der Waals surface area contributed by atoms with Crippen LogP contribution in [0.3, 0.4) is 0 Å². The van der Waals surface area contributed by atoms with E-state index >= 15 is 0 Å². The fourth-order valence-electron chi connectivity index (χ4n) is 4.15. The van der Waals surface area contributed by atoms with Gasteiger partial charge in [-0.25, -0.2) is 13.2 Å². The maximum absolute atomic E-state index is 12.4. The predicted molar refractivity (Wildman–Crippen MR) is 105 cm³/mol. The smallest absolute Gasteiger partial charge is 0.339 e. The van der Waals surface area contributed by atoms with E-state index in [2.05, 4.69) is 0 Å². The van der Waals surface area contributed by atoms with Crippen molar-refractivity contribution in [2.75, 3.05) is 25.2 Å². The minimum absolute atomic E-state index is 0.000505. The van der Waals surface area contributed by atoms with Crippen molar-refractivity contribution >= 4 is 26.7 Å². The van der Waals surface area contributed by atoms with Crippen LogP contribution in [-0.2, 0) is 27.5 Å². The maximum Gasteiger partial charge on any atom is 0.339 e. The molecule has 1 saturated heterocycles. The van der Waals surface area contributed by atoms with Crippen LogP contribution in [0.5, 0.6) is 5.75 Å². The molecule has 2 aliphatic rings. The average molecular weight is 405 g/mol. The third kappa shape index (κ3) is 3.30. The normalized spacial score (nSPS) is 20.3. The van der Waals surface area contributed by atoms with Gasteiger partial charge in [0.25, 0.3) is 5.91 Å². The fourth-order valence-corrected chi connectivity index (χ4v) is 5.92. The lowest BCUT2D eigenvalue weighted by Gasteiger charge is -2.23. The molecule has 8 heteroatoms. The van der Waals surface area contributed by atoms with Crippen molar-refractivity contribution in [3.63, 3.8) is 0 Å². The van der Waals surface area contributed by atoms with Gasteiger partial charge in [-0.2, -0.15) is 0 Å². The summed E-state index contributed by atoms with van der Waals surface area (Å²) < 4.78 is 34.5. The number of nitrogens with zero attached hydrogens (tertiary/aromatic N) is 1. The summed E-state index contributed by atoms with van der Waals surface area (Å²) >= 11 is 0. The van der Waals surface area contributed by atoms with Crippen LogP contribution < -0.4 is 10.4 Å². The Morgan fingerprint density at radius 2 is 2.04 bits per heavy atom. The second-order valence-corrected chi connectivity index (χ2v) is 9.84. The van der Waals surface area contributed by atoms with E-state index in [4.69, 9.17) is 9.15 Å². The van der Waals surface area contributed by atoms with Gasteiger partial charge in [0, 0.05) is 29.6 Å². The van der Waals surface area contributed by atoms with Gasteiger partial charge in [-0.15, -0.1) is 0 Å². The number of carbonyl (C=O) groups excluding carboxylic acids is 1. The van der Waals surface area contributed by atoms with Crippen molar-refractivity contribution in [3.05, 3.63) is 39.2 Å². The van der Waals surface area contributed by atoms with E-state index in [9.17, 15) is 18.0 Å². The zero-order valence-electron chi connectivity index (χ0n) is 16.0. The summed E-state index contributed by atoms with van der Waals surface area (Å²) in [4.78, 5) is 26.1. The first-order valence-electron chi connectivity index (χ1n) is 9.44. The van der Waals surface area contributed by atoms with Crippen molar-refractivity contribution < 1.29 is 22.4 Å². The zero-order chi connectivity index (χ0) is 20.1. The fraction of sp³-hybridized carbons (Fsp3) is 0.500. The first kappa shape index (κ1) is 19.0. The van der Waals surface area contributed by atoms with Gasteiger partial charge in [0.15, 0.2) is 16.4 Å². The van der Waals surface area contributed by atoms with E-state index < -0.39 is 9.84 Å². The number of benzene rings is 1. The monoisotopic (exact) mass is 405 g/mol. The first-order chi connectivity index (χ1) is 13.3. The van der Waals surface area contributed by atoms with E-state index in [0.717, 1.165) is 35.8 Å². The van der Waals surface area contributed by atoms with Crippen LogP contribution in [0.4, 0.5) is 0 Å². The van der Waals surface area contributed by atoms with Crippen LogP contribution in [0, 0.1) is 6.92 Å². The highest BCUT2D eigenvalue weighted by Crippen LogP contribution is 2.33. The summed E-state index contributed by atoms with van der Waals surface area (Å²) in [7, 11) is -1.45.